The Morgan fingerprint density at radius 3 is 1.63 bits per heavy atom. The molecule has 304 valence electrons. The molecule has 2 atom stereocenters. The molecule has 2 aromatic carbocycles. The van der Waals surface area contributed by atoms with Gasteiger partial charge in [0.25, 0.3) is 16.0 Å². The molecule has 0 spiro atoms. The Balaban J connectivity index is 0.000000154. The van der Waals surface area contributed by atoms with Crippen LogP contribution in [0.3, 0.4) is 0 Å². The minimum absolute atomic E-state index is 0.00800. The third kappa shape index (κ3) is 12.1. The van der Waals surface area contributed by atoms with E-state index < -0.39 is 16.2 Å². The van der Waals surface area contributed by atoms with Crippen LogP contribution in [0.4, 0.5) is 11.6 Å². The first kappa shape index (κ1) is 41.3. The lowest BCUT2D eigenvalue weighted by Gasteiger charge is -2.37. The van der Waals surface area contributed by atoms with Gasteiger partial charge in [-0.2, -0.15) is 8.42 Å². The van der Waals surface area contributed by atoms with Crippen molar-refractivity contribution in [2.75, 3.05) is 81.5 Å². The molecule has 2 aromatic heterocycles. The largest absolute Gasteiger partial charge is 0.506 e. The number of benzene rings is 2. The lowest BCUT2D eigenvalue weighted by molar-refractivity contribution is -0.134. The number of hydrogen-bond acceptors (Lipinski definition) is 13. The van der Waals surface area contributed by atoms with Crippen LogP contribution in [0.25, 0.3) is 0 Å². The third-order valence-electron chi connectivity index (χ3n) is 10.2. The van der Waals surface area contributed by atoms with Crippen molar-refractivity contribution in [3.63, 3.8) is 0 Å². The van der Waals surface area contributed by atoms with Gasteiger partial charge < -0.3 is 35.1 Å². The second kappa shape index (κ2) is 19.7. The molecule has 4 aromatic rings. The van der Waals surface area contributed by atoms with Crippen molar-refractivity contribution in [3.05, 3.63) is 108 Å². The highest BCUT2D eigenvalue weighted by Gasteiger charge is 2.37. The van der Waals surface area contributed by atoms with Crippen LogP contribution in [0.1, 0.15) is 24.0 Å². The minimum Gasteiger partial charge on any atom is -0.506 e. The maximum atomic E-state index is 12.8. The van der Waals surface area contributed by atoms with Gasteiger partial charge in [-0.25, -0.2) is 9.97 Å². The summed E-state index contributed by atoms with van der Waals surface area (Å²) in [6.45, 7) is 9.93. The van der Waals surface area contributed by atoms with Crippen LogP contribution >= 0.6 is 0 Å². The van der Waals surface area contributed by atoms with Crippen molar-refractivity contribution in [1.82, 2.24) is 30.0 Å². The number of anilines is 2. The normalized spacial score (nSPS) is 20.2. The van der Waals surface area contributed by atoms with Gasteiger partial charge in [-0.15, -0.1) is 0 Å². The average molecular weight is 801 g/mol. The summed E-state index contributed by atoms with van der Waals surface area (Å²) >= 11 is 0. The molecule has 15 nitrogen and oxygen atoms in total. The number of hydrogen-bond donors (Lipinski definition) is 3. The van der Waals surface area contributed by atoms with Gasteiger partial charge in [-0.1, -0.05) is 60.7 Å². The fourth-order valence-corrected chi connectivity index (χ4v) is 7.88. The number of likely N-dealkylation sites (tertiary alicyclic amines) is 2. The van der Waals surface area contributed by atoms with E-state index in [1.165, 1.54) is 18.0 Å². The van der Waals surface area contributed by atoms with Crippen LogP contribution in [-0.4, -0.2) is 139 Å². The van der Waals surface area contributed by atoms with E-state index in [2.05, 4.69) is 42.1 Å². The van der Waals surface area contributed by atoms with Gasteiger partial charge in [-0.3, -0.25) is 18.7 Å². The first-order chi connectivity index (χ1) is 27.5. The second-order valence-corrected chi connectivity index (χ2v) is 16.0. The number of nitrogens with one attached hydrogen (secondary N) is 1. The SMILES string of the molecule is CS(=O)(=O)O[C@H]1CCN(Cc2ccccc2)C1=O.O=C1C(N2CCN(c3ccc(O)cn3)CC2)CCN1Cc1ccccc1.Oc1ccc(N2CCNCC2)nc1. The topological polar surface area (TPSA) is 172 Å². The second-order valence-electron chi connectivity index (χ2n) is 14.4. The number of aromatic nitrogens is 2. The van der Waals surface area contributed by atoms with Gasteiger partial charge in [0.1, 0.15) is 23.1 Å². The number of carbonyl (C=O) groups is 2. The molecule has 0 bridgehead atoms. The van der Waals surface area contributed by atoms with E-state index in [9.17, 15) is 23.1 Å². The van der Waals surface area contributed by atoms with E-state index >= 15 is 0 Å². The van der Waals surface area contributed by atoms with Crippen LogP contribution in [0.15, 0.2) is 97.3 Å². The molecule has 0 radical (unpaired) electrons. The molecule has 16 heteroatoms. The van der Waals surface area contributed by atoms with Crippen LogP contribution in [0, 0.1) is 0 Å². The maximum absolute atomic E-state index is 12.8. The van der Waals surface area contributed by atoms with E-state index in [1.54, 1.807) is 17.0 Å². The molecule has 4 aliphatic rings. The lowest BCUT2D eigenvalue weighted by atomic mass is 10.1. The number of amides is 2. The van der Waals surface area contributed by atoms with E-state index in [4.69, 9.17) is 9.29 Å². The number of pyridine rings is 2. The van der Waals surface area contributed by atoms with Gasteiger partial charge in [0, 0.05) is 85.0 Å². The molecule has 57 heavy (non-hydrogen) atoms. The molecule has 3 N–H and O–H groups in total. The monoisotopic (exact) mass is 800 g/mol. The van der Waals surface area contributed by atoms with Crippen molar-refractivity contribution in [3.8, 4) is 11.5 Å². The number of nitrogens with zero attached hydrogens (tertiary/aromatic N) is 7. The van der Waals surface area contributed by atoms with E-state index in [0.29, 0.717) is 26.1 Å². The molecule has 2 amide bonds. The molecular weight excluding hydrogens is 749 g/mol. The van der Waals surface area contributed by atoms with Gasteiger partial charge in [0.15, 0.2) is 6.10 Å². The van der Waals surface area contributed by atoms with Gasteiger partial charge in [0.05, 0.1) is 24.7 Å². The fraction of sp³-hybridized carbons (Fsp3) is 0.415. The molecule has 6 heterocycles. The van der Waals surface area contributed by atoms with Crippen LogP contribution in [0.5, 0.6) is 11.5 Å². The Kier molecular flexibility index (Phi) is 14.3. The summed E-state index contributed by atoms with van der Waals surface area (Å²) in [5.41, 5.74) is 2.20. The molecule has 8 rings (SSSR count). The Bertz CT molecular complexity index is 1980. The fourth-order valence-electron chi connectivity index (χ4n) is 7.28. The molecule has 0 aliphatic carbocycles. The van der Waals surface area contributed by atoms with Gasteiger partial charge in [-0.05, 0) is 41.8 Å². The predicted octanol–water partition coefficient (Wildman–Crippen LogP) is 2.67. The zero-order valence-corrected chi connectivity index (χ0v) is 33.1. The third-order valence-corrected chi connectivity index (χ3v) is 10.8. The Labute approximate surface area is 334 Å². The smallest absolute Gasteiger partial charge is 0.265 e. The molecular formula is C41H52N8O7S. The molecule has 4 aliphatic heterocycles. The highest BCUT2D eigenvalue weighted by Crippen LogP contribution is 2.24. The highest BCUT2D eigenvalue weighted by molar-refractivity contribution is 7.86. The number of rotatable bonds is 9. The predicted molar refractivity (Wildman–Crippen MR) is 217 cm³/mol. The van der Waals surface area contributed by atoms with E-state index in [-0.39, 0.29) is 29.4 Å². The Morgan fingerprint density at radius 1 is 0.649 bits per heavy atom. The lowest BCUT2D eigenvalue weighted by Crippen LogP contribution is -2.52. The number of aromatic hydroxyl groups is 2. The van der Waals surface area contributed by atoms with Crippen molar-refractivity contribution in [1.29, 1.82) is 0 Å². The Hall–Kier alpha value is -5.29. The number of carbonyl (C=O) groups excluding carboxylic acids is 2. The zero-order valence-electron chi connectivity index (χ0n) is 32.3. The molecule has 1 unspecified atom stereocenters. The highest BCUT2D eigenvalue weighted by atomic mass is 32.2. The Morgan fingerprint density at radius 2 is 1.14 bits per heavy atom. The summed E-state index contributed by atoms with van der Waals surface area (Å²) in [5, 5.41) is 21.7. The van der Waals surface area contributed by atoms with Crippen LogP contribution in [-0.2, 0) is 37.0 Å². The quantitative estimate of drug-likeness (QED) is 0.211. The summed E-state index contributed by atoms with van der Waals surface area (Å²) in [6, 6.07) is 26.8. The van der Waals surface area contributed by atoms with Crippen LogP contribution < -0.4 is 15.1 Å². The van der Waals surface area contributed by atoms with Crippen molar-refractivity contribution < 1.29 is 32.4 Å². The molecule has 4 fully saturated rings. The van der Waals surface area contributed by atoms with Crippen molar-refractivity contribution >= 4 is 33.6 Å². The van der Waals surface area contributed by atoms with Gasteiger partial charge in [0.2, 0.25) is 5.91 Å². The van der Waals surface area contributed by atoms with E-state index in [0.717, 1.165) is 88.8 Å². The summed E-state index contributed by atoms with van der Waals surface area (Å²) < 4.78 is 26.8. The molecule has 4 saturated heterocycles. The first-order valence-corrected chi connectivity index (χ1v) is 21.1. The average Bonchev–Trinajstić information content (AvgIpc) is 3.76. The minimum atomic E-state index is -3.58. The zero-order chi connectivity index (χ0) is 40.2. The van der Waals surface area contributed by atoms with Gasteiger partial charge >= 0.3 is 0 Å². The number of piperazine rings is 2. The van der Waals surface area contributed by atoms with Crippen LogP contribution in [0.2, 0.25) is 0 Å². The van der Waals surface area contributed by atoms with Crippen molar-refractivity contribution in [2.24, 2.45) is 0 Å². The van der Waals surface area contributed by atoms with E-state index in [1.807, 2.05) is 65.6 Å². The first-order valence-electron chi connectivity index (χ1n) is 19.3. The summed E-state index contributed by atoms with van der Waals surface area (Å²) in [5.74, 6) is 2.22. The summed E-state index contributed by atoms with van der Waals surface area (Å²) in [4.78, 5) is 43.5. The standard InChI is InChI=1S/C20H24N4O2.C12H15NO4S.C9H13N3O/c25-17-6-7-19(21-14-17)23-12-10-22(11-13-23)18-8-9-24(20(18)26)15-16-4-2-1-3-5-16;1-18(15,16)17-11-7-8-13(12(11)14)9-10-5-3-2-4-6-10;13-8-1-2-9(11-7-8)12-5-3-10-4-6-12/h1-7,14,18,25H,8-13,15H2;2-6,11H,7-9H2,1H3;1-2,7,10,13H,3-6H2/t;11-;/m.0./s1. The van der Waals surface area contributed by atoms with Crippen molar-refractivity contribution in [2.45, 2.75) is 38.1 Å². The summed E-state index contributed by atoms with van der Waals surface area (Å²) in [7, 11) is -3.58. The molecule has 0 saturated carbocycles. The summed E-state index contributed by atoms with van der Waals surface area (Å²) in [6.07, 6.45) is 4.38. The maximum Gasteiger partial charge on any atom is 0.265 e.